The predicted molar refractivity (Wildman–Crippen MR) is 83.0 cm³/mol. The number of carbonyl (C=O) groups excluding carboxylic acids is 1. The van der Waals surface area contributed by atoms with Gasteiger partial charge in [-0.3, -0.25) is 9.10 Å². The summed E-state index contributed by atoms with van der Waals surface area (Å²) in [5, 5.41) is 2.59. The number of sulfonamides is 1. The van der Waals surface area contributed by atoms with E-state index >= 15 is 0 Å². The monoisotopic (exact) mass is 312 g/mol. The van der Waals surface area contributed by atoms with Crippen LogP contribution >= 0.6 is 0 Å². The van der Waals surface area contributed by atoms with Crippen LogP contribution in [0.1, 0.15) is 6.92 Å². The van der Waals surface area contributed by atoms with E-state index in [4.69, 9.17) is 4.74 Å². The molecule has 0 aliphatic carbocycles. The van der Waals surface area contributed by atoms with E-state index in [1.54, 1.807) is 24.3 Å². The Balaban J connectivity index is 3.11. The lowest BCUT2D eigenvalue weighted by Gasteiger charge is -2.28. The lowest BCUT2D eigenvalue weighted by Crippen LogP contribution is -2.47. The molecular weight excluding hydrogens is 292 g/mol. The molecule has 21 heavy (non-hydrogen) atoms. The topological polar surface area (TPSA) is 75.7 Å². The van der Waals surface area contributed by atoms with Gasteiger partial charge in [0.1, 0.15) is 11.8 Å². The fraction of sp³-hybridized carbons (Fsp3) is 0.357. The van der Waals surface area contributed by atoms with Crippen LogP contribution in [-0.2, 0) is 14.8 Å². The summed E-state index contributed by atoms with van der Waals surface area (Å²) < 4.78 is 30.1. The number of rotatable bonds is 7. The lowest BCUT2D eigenvalue weighted by atomic mass is 10.2. The van der Waals surface area contributed by atoms with Crippen molar-refractivity contribution >= 4 is 21.6 Å². The number of methoxy groups -OCH3 is 1. The molecule has 0 saturated carbocycles. The molecule has 6 nitrogen and oxygen atoms in total. The third-order valence-electron chi connectivity index (χ3n) is 2.84. The minimum Gasteiger partial charge on any atom is -0.497 e. The maximum Gasteiger partial charge on any atom is 0.243 e. The fourth-order valence-electron chi connectivity index (χ4n) is 1.86. The zero-order valence-corrected chi connectivity index (χ0v) is 13.2. The number of nitrogens with zero attached hydrogens (tertiary/aromatic N) is 1. The molecule has 7 heteroatoms. The van der Waals surface area contributed by atoms with Crippen LogP contribution in [-0.4, -0.2) is 40.3 Å². The van der Waals surface area contributed by atoms with Crippen molar-refractivity contribution in [2.75, 3.05) is 24.2 Å². The molecule has 1 atom stereocenters. The van der Waals surface area contributed by atoms with Crippen LogP contribution in [0.2, 0.25) is 0 Å². The molecule has 0 fully saturated rings. The number of amides is 1. The second-order valence-corrected chi connectivity index (χ2v) is 6.33. The van der Waals surface area contributed by atoms with Crippen LogP contribution in [0, 0.1) is 0 Å². The number of benzene rings is 1. The second kappa shape index (κ2) is 7.12. The Morgan fingerprint density at radius 3 is 2.43 bits per heavy atom. The number of ether oxygens (including phenoxy) is 1. The maximum absolute atomic E-state index is 12.0. The Hall–Kier alpha value is -2.02. The molecule has 1 N–H and O–H groups in total. The van der Waals surface area contributed by atoms with Gasteiger partial charge in [-0.25, -0.2) is 8.42 Å². The van der Waals surface area contributed by atoms with Gasteiger partial charge in [0.15, 0.2) is 0 Å². The van der Waals surface area contributed by atoms with Gasteiger partial charge in [0.25, 0.3) is 0 Å². The van der Waals surface area contributed by atoms with Gasteiger partial charge in [0.2, 0.25) is 15.9 Å². The van der Waals surface area contributed by atoms with Crippen LogP contribution < -0.4 is 14.4 Å². The largest absolute Gasteiger partial charge is 0.497 e. The van der Waals surface area contributed by atoms with E-state index in [-0.39, 0.29) is 6.54 Å². The number of nitrogens with one attached hydrogen (secondary N) is 1. The van der Waals surface area contributed by atoms with Gasteiger partial charge in [0.05, 0.1) is 19.1 Å². The highest BCUT2D eigenvalue weighted by Gasteiger charge is 2.28. The summed E-state index contributed by atoms with van der Waals surface area (Å²) in [4.78, 5) is 12.0. The summed E-state index contributed by atoms with van der Waals surface area (Å²) >= 11 is 0. The predicted octanol–water partition coefficient (Wildman–Crippen LogP) is 1.15. The minimum absolute atomic E-state index is 0.281. The molecule has 0 radical (unpaired) electrons. The number of carbonyl (C=O) groups is 1. The first-order valence-corrected chi connectivity index (χ1v) is 8.18. The summed E-state index contributed by atoms with van der Waals surface area (Å²) in [5.41, 5.74) is 0.402. The number of anilines is 1. The molecule has 1 aromatic carbocycles. The van der Waals surface area contributed by atoms with Gasteiger partial charge in [-0.05, 0) is 31.2 Å². The van der Waals surface area contributed by atoms with Gasteiger partial charge in [-0.1, -0.05) is 6.08 Å². The molecule has 1 rings (SSSR count). The van der Waals surface area contributed by atoms with E-state index in [9.17, 15) is 13.2 Å². The summed E-state index contributed by atoms with van der Waals surface area (Å²) in [5.74, 6) is 0.215. The van der Waals surface area contributed by atoms with Crippen molar-refractivity contribution in [3.05, 3.63) is 36.9 Å². The highest BCUT2D eigenvalue weighted by molar-refractivity contribution is 7.92. The fourth-order valence-corrected chi connectivity index (χ4v) is 3.03. The molecule has 1 unspecified atom stereocenters. The van der Waals surface area contributed by atoms with E-state index in [0.717, 1.165) is 10.6 Å². The molecule has 1 amide bonds. The van der Waals surface area contributed by atoms with Gasteiger partial charge in [0, 0.05) is 6.54 Å². The summed E-state index contributed by atoms with van der Waals surface area (Å²) in [6.07, 6.45) is 2.59. The van der Waals surface area contributed by atoms with Crippen molar-refractivity contribution in [3.63, 3.8) is 0 Å². The summed E-state index contributed by atoms with van der Waals surface area (Å²) in [6, 6.07) is 5.60. The summed E-state index contributed by atoms with van der Waals surface area (Å²) in [6.45, 7) is 5.31. The van der Waals surface area contributed by atoms with Gasteiger partial charge >= 0.3 is 0 Å². The highest BCUT2D eigenvalue weighted by atomic mass is 32.2. The van der Waals surface area contributed by atoms with E-state index in [2.05, 4.69) is 11.9 Å². The van der Waals surface area contributed by atoms with Gasteiger partial charge in [-0.15, -0.1) is 6.58 Å². The van der Waals surface area contributed by atoms with Crippen LogP contribution in [0.5, 0.6) is 5.75 Å². The SMILES string of the molecule is C=CCNC(=O)C(C)N(c1ccc(OC)cc1)S(C)(=O)=O. The number of hydrogen-bond acceptors (Lipinski definition) is 4. The maximum atomic E-state index is 12.0. The van der Waals surface area contributed by atoms with Crippen LogP contribution in [0.15, 0.2) is 36.9 Å². The van der Waals surface area contributed by atoms with Crippen LogP contribution in [0.3, 0.4) is 0 Å². The summed E-state index contributed by atoms with van der Waals surface area (Å²) in [7, 11) is -2.08. The Bertz CT molecular complexity index is 596. The lowest BCUT2D eigenvalue weighted by molar-refractivity contribution is -0.121. The molecule has 0 aliphatic heterocycles. The van der Waals surface area contributed by atoms with Gasteiger partial charge < -0.3 is 10.1 Å². The molecule has 0 bridgehead atoms. The first-order chi connectivity index (χ1) is 9.81. The van der Waals surface area contributed by atoms with Gasteiger partial charge in [-0.2, -0.15) is 0 Å². The number of hydrogen-bond donors (Lipinski definition) is 1. The molecule has 0 aliphatic rings. The normalized spacial score (nSPS) is 12.3. The van der Waals surface area contributed by atoms with E-state index in [0.29, 0.717) is 11.4 Å². The zero-order chi connectivity index (χ0) is 16.0. The zero-order valence-electron chi connectivity index (χ0n) is 12.4. The molecular formula is C14H20N2O4S. The van der Waals surface area contributed by atoms with Crippen molar-refractivity contribution in [1.29, 1.82) is 0 Å². The van der Waals surface area contributed by atoms with Crippen LogP contribution in [0.4, 0.5) is 5.69 Å². The molecule has 0 aromatic heterocycles. The molecule has 1 aromatic rings. The third-order valence-corrected chi connectivity index (χ3v) is 4.08. The molecule has 116 valence electrons. The Kier molecular flexibility index (Phi) is 5.78. The second-order valence-electron chi connectivity index (χ2n) is 4.47. The van der Waals surface area contributed by atoms with E-state index < -0.39 is 22.0 Å². The Morgan fingerprint density at radius 2 is 2.00 bits per heavy atom. The minimum atomic E-state index is -3.60. The molecule has 0 saturated heterocycles. The van der Waals surface area contributed by atoms with Crippen molar-refractivity contribution in [2.45, 2.75) is 13.0 Å². The van der Waals surface area contributed by atoms with E-state index in [1.807, 2.05) is 0 Å². The van der Waals surface area contributed by atoms with Crippen molar-refractivity contribution in [2.24, 2.45) is 0 Å². The van der Waals surface area contributed by atoms with Crippen molar-refractivity contribution in [1.82, 2.24) is 5.32 Å². The first-order valence-electron chi connectivity index (χ1n) is 6.33. The average Bonchev–Trinajstić information content (AvgIpc) is 2.44. The van der Waals surface area contributed by atoms with E-state index in [1.165, 1.54) is 20.1 Å². The van der Waals surface area contributed by atoms with Crippen LogP contribution in [0.25, 0.3) is 0 Å². The highest BCUT2D eigenvalue weighted by Crippen LogP contribution is 2.23. The quantitative estimate of drug-likeness (QED) is 0.766. The standard InChI is InChI=1S/C14H20N2O4S/c1-5-10-15-14(17)11(2)16(21(4,18)19)12-6-8-13(20-3)9-7-12/h5-9,11H,1,10H2,2-4H3,(H,15,17). The Morgan fingerprint density at radius 1 is 1.43 bits per heavy atom. The Labute approximate surface area is 125 Å². The average molecular weight is 312 g/mol. The molecule has 0 spiro atoms. The van der Waals surface area contributed by atoms with Crippen molar-refractivity contribution in [3.8, 4) is 5.75 Å². The van der Waals surface area contributed by atoms with Crippen molar-refractivity contribution < 1.29 is 17.9 Å². The third kappa shape index (κ3) is 4.49. The first kappa shape index (κ1) is 17.0. The molecule has 0 heterocycles. The smallest absolute Gasteiger partial charge is 0.243 e.